The molecule has 1 aromatic heterocycles. The van der Waals surface area contributed by atoms with Gasteiger partial charge in [-0.15, -0.1) is 13.2 Å². The van der Waals surface area contributed by atoms with Gasteiger partial charge in [0.1, 0.15) is 5.75 Å². The molecule has 0 aliphatic carbocycles. The number of hydrogen-bond acceptors (Lipinski definition) is 3. The number of alkyl halides is 3. The van der Waals surface area contributed by atoms with E-state index in [0.29, 0.717) is 11.8 Å². The Bertz CT molecular complexity index is 613. The summed E-state index contributed by atoms with van der Waals surface area (Å²) >= 11 is 5.88. The maximum atomic E-state index is 12.1. The van der Waals surface area contributed by atoms with Gasteiger partial charge in [-0.25, -0.2) is 0 Å². The lowest BCUT2D eigenvalue weighted by molar-refractivity contribution is -0.274. The van der Waals surface area contributed by atoms with E-state index in [1.54, 1.807) is 0 Å². The molecule has 0 amide bonds. The molecule has 1 heterocycles. The largest absolute Gasteiger partial charge is 0.573 e. The standard InChI is InChI=1S/C11H5ClF3NO2/c12-10-6(5-17)4-16-9-2-1-7(3-8(9)10)18-11(13,14)15/h1-5H. The number of nitrogens with zero attached hydrogens (tertiary/aromatic N) is 1. The van der Waals surface area contributed by atoms with Crippen LogP contribution in [0.25, 0.3) is 10.9 Å². The molecular formula is C11H5ClF3NO2. The summed E-state index contributed by atoms with van der Waals surface area (Å²) in [6.45, 7) is 0. The van der Waals surface area contributed by atoms with Gasteiger partial charge in [-0.05, 0) is 18.2 Å². The Morgan fingerprint density at radius 1 is 1.33 bits per heavy atom. The molecule has 7 heteroatoms. The van der Waals surface area contributed by atoms with E-state index in [1.165, 1.54) is 12.3 Å². The van der Waals surface area contributed by atoms with Crippen molar-refractivity contribution in [2.45, 2.75) is 6.36 Å². The number of aromatic nitrogens is 1. The van der Waals surface area contributed by atoms with Crippen LogP contribution in [0.5, 0.6) is 5.75 Å². The zero-order valence-electron chi connectivity index (χ0n) is 8.66. The highest BCUT2D eigenvalue weighted by Gasteiger charge is 2.31. The monoisotopic (exact) mass is 275 g/mol. The van der Waals surface area contributed by atoms with Crippen LogP contribution in [0.4, 0.5) is 13.2 Å². The van der Waals surface area contributed by atoms with Gasteiger partial charge < -0.3 is 4.74 Å². The van der Waals surface area contributed by atoms with Gasteiger partial charge in [0.15, 0.2) is 6.29 Å². The molecule has 2 aromatic rings. The maximum Gasteiger partial charge on any atom is 0.573 e. The average Bonchev–Trinajstić information content (AvgIpc) is 2.28. The molecule has 2 rings (SSSR count). The molecule has 0 aliphatic heterocycles. The molecule has 0 N–H and O–H groups in total. The Kier molecular flexibility index (Phi) is 3.13. The van der Waals surface area contributed by atoms with E-state index in [0.717, 1.165) is 12.1 Å². The van der Waals surface area contributed by atoms with Gasteiger partial charge in [0.25, 0.3) is 0 Å². The van der Waals surface area contributed by atoms with E-state index in [2.05, 4.69) is 9.72 Å². The van der Waals surface area contributed by atoms with Gasteiger partial charge in [0, 0.05) is 11.6 Å². The summed E-state index contributed by atoms with van der Waals surface area (Å²) in [7, 11) is 0. The van der Waals surface area contributed by atoms with E-state index >= 15 is 0 Å². The van der Waals surface area contributed by atoms with Crippen LogP contribution < -0.4 is 4.74 Å². The maximum absolute atomic E-state index is 12.1. The van der Waals surface area contributed by atoms with Crippen molar-refractivity contribution in [3.63, 3.8) is 0 Å². The molecule has 0 radical (unpaired) electrons. The minimum absolute atomic E-state index is 0.0441. The van der Waals surface area contributed by atoms with Gasteiger partial charge >= 0.3 is 6.36 Å². The van der Waals surface area contributed by atoms with Gasteiger partial charge in [0.05, 0.1) is 16.1 Å². The van der Waals surface area contributed by atoms with E-state index in [4.69, 9.17) is 11.6 Å². The highest BCUT2D eigenvalue weighted by molar-refractivity contribution is 6.37. The molecular weight excluding hydrogens is 271 g/mol. The van der Waals surface area contributed by atoms with Crippen LogP contribution in [0.15, 0.2) is 24.4 Å². The Labute approximate surface area is 104 Å². The smallest absolute Gasteiger partial charge is 0.406 e. The fourth-order valence-electron chi connectivity index (χ4n) is 1.43. The first-order valence-electron chi connectivity index (χ1n) is 4.70. The Balaban J connectivity index is 2.55. The summed E-state index contributed by atoms with van der Waals surface area (Å²) in [5, 5.41) is 0.269. The third kappa shape index (κ3) is 2.53. The number of aldehydes is 1. The molecule has 0 bridgehead atoms. The van der Waals surface area contributed by atoms with Crippen molar-refractivity contribution in [2.24, 2.45) is 0 Å². The van der Waals surface area contributed by atoms with Crippen molar-refractivity contribution < 1.29 is 22.7 Å². The molecule has 0 aliphatic rings. The third-order valence-corrected chi connectivity index (χ3v) is 2.58. The first-order valence-corrected chi connectivity index (χ1v) is 5.08. The second kappa shape index (κ2) is 4.45. The van der Waals surface area contributed by atoms with Crippen LogP contribution in [-0.4, -0.2) is 17.6 Å². The molecule has 3 nitrogen and oxygen atoms in total. The van der Waals surface area contributed by atoms with Crippen molar-refractivity contribution in [2.75, 3.05) is 0 Å². The van der Waals surface area contributed by atoms with Crippen LogP contribution in [0.2, 0.25) is 5.02 Å². The summed E-state index contributed by atoms with van der Waals surface area (Å²) in [5.41, 5.74) is 0.480. The lowest BCUT2D eigenvalue weighted by Crippen LogP contribution is -2.17. The number of hydrogen-bond donors (Lipinski definition) is 0. The normalized spacial score (nSPS) is 11.6. The first kappa shape index (κ1) is 12.6. The lowest BCUT2D eigenvalue weighted by atomic mass is 10.1. The van der Waals surface area contributed by atoms with Crippen LogP contribution in [-0.2, 0) is 0 Å². The van der Waals surface area contributed by atoms with Gasteiger partial charge in [0.2, 0.25) is 0 Å². The summed E-state index contributed by atoms with van der Waals surface area (Å²) < 4.78 is 39.9. The molecule has 1 aromatic carbocycles. The molecule has 0 saturated carbocycles. The second-order valence-electron chi connectivity index (χ2n) is 3.37. The van der Waals surface area contributed by atoms with Crippen LogP contribution in [0.1, 0.15) is 10.4 Å². The number of fused-ring (bicyclic) bond motifs is 1. The summed E-state index contributed by atoms with van der Waals surface area (Å²) in [5.74, 6) is -0.415. The van der Waals surface area contributed by atoms with E-state index < -0.39 is 12.1 Å². The van der Waals surface area contributed by atoms with Crippen LogP contribution in [0, 0.1) is 0 Å². The van der Waals surface area contributed by atoms with E-state index in [9.17, 15) is 18.0 Å². The fourth-order valence-corrected chi connectivity index (χ4v) is 1.68. The van der Waals surface area contributed by atoms with Gasteiger partial charge in [-0.2, -0.15) is 0 Å². The Morgan fingerprint density at radius 3 is 2.67 bits per heavy atom. The summed E-state index contributed by atoms with van der Waals surface area (Å²) in [6, 6.07) is 3.54. The SMILES string of the molecule is O=Cc1cnc2ccc(OC(F)(F)F)cc2c1Cl. The predicted octanol–water partition coefficient (Wildman–Crippen LogP) is 3.60. The number of halogens is 4. The van der Waals surface area contributed by atoms with Crippen molar-refractivity contribution in [1.82, 2.24) is 4.98 Å². The van der Waals surface area contributed by atoms with E-state index in [1.807, 2.05) is 0 Å². The topological polar surface area (TPSA) is 39.2 Å². The number of carbonyl (C=O) groups is 1. The van der Waals surface area contributed by atoms with Gasteiger partial charge in [-0.1, -0.05) is 11.6 Å². The third-order valence-electron chi connectivity index (χ3n) is 2.16. The zero-order valence-corrected chi connectivity index (χ0v) is 9.42. The number of pyridine rings is 1. The summed E-state index contributed by atoms with van der Waals surface area (Å²) in [4.78, 5) is 14.5. The molecule has 0 unspecified atom stereocenters. The minimum Gasteiger partial charge on any atom is -0.406 e. The highest BCUT2D eigenvalue weighted by Crippen LogP contribution is 2.30. The second-order valence-corrected chi connectivity index (χ2v) is 3.75. The molecule has 0 saturated heterocycles. The minimum atomic E-state index is -4.78. The fraction of sp³-hybridized carbons (Fsp3) is 0.0909. The molecule has 0 spiro atoms. The lowest BCUT2D eigenvalue weighted by Gasteiger charge is -2.10. The van der Waals surface area contributed by atoms with Crippen molar-refractivity contribution in [1.29, 1.82) is 0 Å². The Morgan fingerprint density at radius 2 is 2.06 bits per heavy atom. The van der Waals surface area contributed by atoms with E-state index in [-0.39, 0.29) is 16.0 Å². The number of carbonyl (C=O) groups excluding carboxylic acids is 1. The molecule has 0 fully saturated rings. The number of ether oxygens (including phenoxy) is 1. The quantitative estimate of drug-likeness (QED) is 0.786. The van der Waals surface area contributed by atoms with Crippen molar-refractivity contribution in [3.05, 3.63) is 35.0 Å². The number of rotatable bonds is 2. The zero-order chi connectivity index (χ0) is 13.3. The Hall–Kier alpha value is -1.82. The van der Waals surface area contributed by atoms with Crippen molar-refractivity contribution in [3.8, 4) is 5.75 Å². The molecule has 18 heavy (non-hydrogen) atoms. The molecule has 94 valence electrons. The van der Waals surface area contributed by atoms with Crippen molar-refractivity contribution >= 4 is 28.8 Å². The average molecular weight is 276 g/mol. The van der Waals surface area contributed by atoms with Crippen LogP contribution in [0.3, 0.4) is 0 Å². The highest BCUT2D eigenvalue weighted by atomic mass is 35.5. The predicted molar refractivity (Wildman–Crippen MR) is 58.8 cm³/mol. The van der Waals surface area contributed by atoms with Gasteiger partial charge in [-0.3, -0.25) is 9.78 Å². The first-order chi connectivity index (χ1) is 8.40. The summed E-state index contributed by atoms with van der Waals surface area (Å²) in [6.07, 6.45) is -3.05. The van der Waals surface area contributed by atoms with Crippen LogP contribution >= 0.6 is 11.6 Å². The number of benzene rings is 1. The molecule has 0 atom stereocenters.